The third-order valence-corrected chi connectivity index (χ3v) is 9.98. The highest BCUT2D eigenvalue weighted by Crippen LogP contribution is 2.59. The zero-order valence-corrected chi connectivity index (χ0v) is 27.4. The molecule has 2 aromatic rings. The maximum atomic E-state index is 14.8. The number of hydrogen-bond acceptors (Lipinski definition) is 7. The molecule has 12 heteroatoms. The Balaban J connectivity index is 1.44. The Bertz CT molecular complexity index is 1550. The number of cyclic esters (lactones) is 1. The summed E-state index contributed by atoms with van der Waals surface area (Å²) in [7, 11) is 0. The Morgan fingerprint density at radius 3 is 2.50 bits per heavy atom. The van der Waals surface area contributed by atoms with Gasteiger partial charge in [-0.15, -0.1) is 0 Å². The van der Waals surface area contributed by atoms with Crippen molar-refractivity contribution in [3.63, 3.8) is 0 Å². The molecule has 0 unspecified atom stereocenters. The summed E-state index contributed by atoms with van der Waals surface area (Å²) in [6.45, 7) is 0.343. The molecule has 2 aromatic carbocycles. The Morgan fingerprint density at radius 1 is 1.00 bits per heavy atom. The highest BCUT2D eigenvalue weighted by molar-refractivity contribution is 9.11. The molecule has 0 saturated carbocycles. The number of benzene rings is 2. The van der Waals surface area contributed by atoms with Gasteiger partial charge in [-0.05, 0) is 55.2 Å². The van der Waals surface area contributed by atoms with Gasteiger partial charge in [0.2, 0.25) is 11.8 Å². The molecule has 1 spiro atoms. The van der Waals surface area contributed by atoms with E-state index < -0.39 is 41.7 Å². The van der Waals surface area contributed by atoms with E-state index in [-0.39, 0.29) is 50.4 Å². The molecular weight excluding hydrogens is 678 g/mol. The quantitative estimate of drug-likeness (QED) is 0.263. The van der Waals surface area contributed by atoms with E-state index in [9.17, 15) is 24.3 Å². The van der Waals surface area contributed by atoms with Crippen molar-refractivity contribution in [2.45, 2.75) is 49.5 Å². The SMILES string of the molecule is O=C1CC/C=C\CN(c2ccc(Cl)cc2)C(=O)[C@H]2N(CCCCO)C(=O)[C@@H]3[C@@H](C(=O)O[C@@H](c4ccccc4)CN1)[C@@H]1O[C@@]32C=C1Br. The van der Waals surface area contributed by atoms with E-state index in [4.69, 9.17) is 21.1 Å². The number of unbranched alkanes of at least 4 members (excludes halogenated alkanes) is 1. The van der Waals surface area contributed by atoms with E-state index in [0.717, 1.165) is 0 Å². The second kappa shape index (κ2) is 13.7. The molecule has 2 N–H and O–H groups in total. The minimum absolute atomic E-state index is 0.0516. The van der Waals surface area contributed by atoms with Crippen LogP contribution in [0.4, 0.5) is 5.69 Å². The third-order valence-electron chi connectivity index (χ3n) is 9.05. The van der Waals surface area contributed by atoms with Gasteiger partial charge in [0.25, 0.3) is 5.91 Å². The average Bonchev–Trinajstić information content (AvgIpc) is 3.64. The van der Waals surface area contributed by atoms with Crippen LogP contribution in [0, 0.1) is 11.8 Å². The maximum Gasteiger partial charge on any atom is 0.313 e. The van der Waals surface area contributed by atoms with E-state index >= 15 is 0 Å². The summed E-state index contributed by atoms with van der Waals surface area (Å²) < 4.78 is 13.2. The molecule has 2 fully saturated rings. The summed E-state index contributed by atoms with van der Waals surface area (Å²) in [5, 5.41) is 12.9. The molecular formula is C34H35BrClN3O7. The molecule has 0 aromatic heterocycles. The second-order valence-corrected chi connectivity index (χ2v) is 13.2. The van der Waals surface area contributed by atoms with Crippen molar-refractivity contribution < 1.29 is 33.8 Å². The predicted molar refractivity (Wildman–Crippen MR) is 174 cm³/mol. The van der Waals surface area contributed by atoms with Crippen LogP contribution in [-0.2, 0) is 28.7 Å². The minimum Gasteiger partial charge on any atom is -0.455 e. The first-order chi connectivity index (χ1) is 22.2. The number of amides is 3. The summed E-state index contributed by atoms with van der Waals surface area (Å²) in [5.41, 5.74) is -0.175. The zero-order chi connectivity index (χ0) is 32.4. The van der Waals surface area contributed by atoms with Crippen molar-refractivity contribution in [2.24, 2.45) is 11.8 Å². The van der Waals surface area contributed by atoms with Gasteiger partial charge in [-0.25, -0.2) is 0 Å². The lowest BCUT2D eigenvalue weighted by Gasteiger charge is -2.36. The number of fused-ring (bicyclic) bond motifs is 2. The molecule has 4 aliphatic heterocycles. The summed E-state index contributed by atoms with van der Waals surface area (Å²) >= 11 is 9.75. The van der Waals surface area contributed by atoms with Crippen molar-refractivity contribution >= 4 is 56.9 Å². The molecule has 5 bridgehead atoms. The molecule has 4 heterocycles. The lowest BCUT2D eigenvalue weighted by atomic mass is 9.74. The van der Waals surface area contributed by atoms with Crippen LogP contribution in [0.3, 0.4) is 0 Å². The first-order valence-electron chi connectivity index (χ1n) is 15.5. The van der Waals surface area contributed by atoms with Gasteiger partial charge in [-0.1, -0.05) is 70.0 Å². The molecule has 242 valence electrons. The Morgan fingerprint density at radius 2 is 1.76 bits per heavy atom. The average molecular weight is 713 g/mol. The number of allylic oxidation sites excluding steroid dienone is 1. The lowest BCUT2D eigenvalue weighted by molar-refractivity contribution is -0.159. The van der Waals surface area contributed by atoms with Crippen LogP contribution in [-0.4, -0.2) is 77.7 Å². The van der Waals surface area contributed by atoms with Gasteiger partial charge < -0.3 is 29.7 Å². The van der Waals surface area contributed by atoms with E-state index in [1.807, 2.05) is 42.5 Å². The largest absolute Gasteiger partial charge is 0.455 e. The number of hydrogen-bond donors (Lipinski definition) is 2. The zero-order valence-electron chi connectivity index (χ0n) is 25.0. The fourth-order valence-corrected chi connectivity index (χ4v) is 7.77. The normalized spacial score (nSPS) is 30.6. The molecule has 4 aliphatic rings. The number of rotatable bonds is 6. The first-order valence-corrected chi connectivity index (χ1v) is 16.6. The van der Waals surface area contributed by atoms with Gasteiger partial charge in [0.15, 0.2) is 0 Å². The van der Waals surface area contributed by atoms with Crippen molar-refractivity contribution in [3.05, 3.63) is 87.9 Å². The van der Waals surface area contributed by atoms with Crippen LogP contribution in [0.15, 0.2) is 77.3 Å². The Kier molecular flexibility index (Phi) is 9.65. The lowest BCUT2D eigenvalue weighted by Crippen LogP contribution is -2.56. The van der Waals surface area contributed by atoms with Crippen molar-refractivity contribution in [2.75, 3.05) is 31.1 Å². The number of carbonyl (C=O) groups excluding carboxylic acids is 4. The number of anilines is 1. The number of aliphatic hydroxyl groups excluding tert-OH is 1. The van der Waals surface area contributed by atoms with Crippen molar-refractivity contribution in [1.29, 1.82) is 0 Å². The molecule has 3 amide bonds. The molecule has 6 rings (SSSR count). The number of aliphatic hydroxyl groups is 1. The Hall–Kier alpha value is -3.51. The van der Waals surface area contributed by atoms with Crippen molar-refractivity contribution in [3.8, 4) is 0 Å². The number of nitrogens with one attached hydrogen (secondary N) is 1. The summed E-state index contributed by atoms with van der Waals surface area (Å²) in [5.74, 6) is -3.68. The standard InChI is InChI=1S/C34H35BrClN3O7/c35-24-19-34-28-27(29(24)46-34)33(44)45-25(21-9-3-1-4-10-21)20-37-26(41)11-5-2-6-16-38(23-14-12-22(36)13-15-23)32(43)30(34)39(31(28)42)17-7-8-18-40/h1-4,6,9-10,12-15,19,25,27-30,40H,5,7-8,11,16-18,20H2,(H,37,41)/b6-2-/t25-,27-,28+,29-,30-,34+/m1/s1. The van der Waals surface area contributed by atoms with Crippen LogP contribution in [0.2, 0.25) is 5.02 Å². The number of likely N-dealkylation sites (tertiary alicyclic amines) is 1. The topological polar surface area (TPSA) is 125 Å². The number of esters is 1. The number of nitrogens with zero attached hydrogens (tertiary/aromatic N) is 2. The summed E-state index contributed by atoms with van der Waals surface area (Å²) in [4.78, 5) is 59.1. The number of halogens is 2. The highest BCUT2D eigenvalue weighted by Gasteiger charge is 2.75. The molecule has 46 heavy (non-hydrogen) atoms. The van der Waals surface area contributed by atoms with Crippen LogP contribution >= 0.6 is 27.5 Å². The van der Waals surface area contributed by atoms with Crippen LogP contribution in [0.5, 0.6) is 0 Å². The fraction of sp³-hybridized carbons (Fsp3) is 0.412. The monoisotopic (exact) mass is 711 g/mol. The van der Waals surface area contributed by atoms with Gasteiger partial charge in [-0.2, -0.15) is 0 Å². The highest BCUT2D eigenvalue weighted by atomic mass is 79.9. The second-order valence-electron chi connectivity index (χ2n) is 11.9. The van der Waals surface area contributed by atoms with Crippen LogP contribution < -0.4 is 10.2 Å². The molecule has 0 aliphatic carbocycles. The predicted octanol–water partition coefficient (Wildman–Crippen LogP) is 4.07. The van der Waals surface area contributed by atoms with Crippen molar-refractivity contribution in [1.82, 2.24) is 10.2 Å². The number of carbonyl (C=O) groups is 4. The summed E-state index contributed by atoms with van der Waals surface area (Å²) in [6, 6.07) is 14.9. The van der Waals surface area contributed by atoms with Crippen LogP contribution in [0.25, 0.3) is 0 Å². The molecule has 0 radical (unpaired) electrons. The summed E-state index contributed by atoms with van der Waals surface area (Å²) in [6.07, 6.45) is 5.30. The third kappa shape index (κ3) is 6.01. The minimum atomic E-state index is -1.43. The van der Waals surface area contributed by atoms with E-state index in [1.165, 1.54) is 4.90 Å². The maximum absolute atomic E-state index is 14.8. The van der Waals surface area contributed by atoms with Gasteiger partial charge in [0, 0.05) is 41.3 Å². The van der Waals surface area contributed by atoms with E-state index in [0.29, 0.717) is 40.0 Å². The van der Waals surface area contributed by atoms with Gasteiger partial charge in [0.1, 0.15) is 29.8 Å². The van der Waals surface area contributed by atoms with Gasteiger partial charge in [0.05, 0.1) is 12.5 Å². The molecule has 10 nitrogen and oxygen atoms in total. The first kappa shape index (κ1) is 32.4. The fourth-order valence-electron chi connectivity index (χ4n) is 6.91. The van der Waals surface area contributed by atoms with E-state index in [2.05, 4.69) is 21.2 Å². The number of ether oxygens (including phenoxy) is 2. The molecule has 2 saturated heterocycles. The smallest absolute Gasteiger partial charge is 0.313 e. The van der Waals surface area contributed by atoms with Gasteiger partial charge in [-0.3, -0.25) is 19.2 Å². The van der Waals surface area contributed by atoms with Gasteiger partial charge >= 0.3 is 5.97 Å². The van der Waals surface area contributed by atoms with Crippen LogP contribution in [0.1, 0.15) is 37.4 Å². The Labute approximate surface area is 280 Å². The molecule has 6 atom stereocenters. The van der Waals surface area contributed by atoms with E-state index in [1.54, 1.807) is 35.2 Å².